The Morgan fingerprint density at radius 2 is 1.82 bits per heavy atom. The minimum atomic E-state index is 0.240. The molecule has 0 bridgehead atoms. The van der Waals surface area contributed by atoms with E-state index >= 15 is 0 Å². The molecular weight excluding hydrogens is 226 g/mol. The quantitative estimate of drug-likeness (QED) is 0.788. The van der Waals surface area contributed by atoms with Crippen LogP contribution >= 0.6 is 11.3 Å². The van der Waals surface area contributed by atoms with Crippen molar-refractivity contribution in [2.75, 3.05) is 6.54 Å². The third-order valence-electron chi connectivity index (χ3n) is 3.13. The van der Waals surface area contributed by atoms with Crippen LogP contribution in [0.3, 0.4) is 0 Å². The minimum Gasteiger partial charge on any atom is -0.312 e. The standard InChI is InChI=1S/C15H27NS/c1-14(2,3)16-10-9-15(4,5)8-6-13-7-11-17-12-13/h7,11-12,16H,6,8-10H2,1-5H3. The smallest absolute Gasteiger partial charge is 0.00965 e. The summed E-state index contributed by atoms with van der Waals surface area (Å²) in [6, 6.07) is 2.24. The molecule has 1 heterocycles. The lowest BCUT2D eigenvalue weighted by Crippen LogP contribution is -2.38. The molecular formula is C15H27NS. The average molecular weight is 253 g/mol. The zero-order chi connectivity index (χ0) is 12.9. The number of nitrogens with one attached hydrogen (secondary N) is 1. The van der Waals surface area contributed by atoms with Gasteiger partial charge >= 0.3 is 0 Å². The molecule has 0 spiro atoms. The fourth-order valence-corrected chi connectivity index (χ4v) is 2.52. The van der Waals surface area contributed by atoms with Gasteiger partial charge in [0, 0.05) is 5.54 Å². The van der Waals surface area contributed by atoms with E-state index in [2.05, 4.69) is 56.8 Å². The van der Waals surface area contributed by atoms with E-state index in [9.17, 15) is 0 Å². The largest absolute Gasteiger partial charge is 0.312 e. The molecule has 98 valence electrons. The van der Waals surface area contributed by atoms with Crippen molar-refractivity contribution in [2.45, 2.75) is 59.4 Å². The van der Waals surface area contributed by atoms with Gasteiger partial charge in [0.1, 0.15) is 0 Å². The van der Waals surface area contributed by atoms with Crippen LogP contribution in [0.25, 0.3) is 0 Å². The van der Waals surface area contributed by atoms with Crippen LogP contribution in [0.4, 0.5) is 0 Å². The van der Waals surface area contributed by atoms with Crippen LogP contribution in [0, 0.1) is 5.41 Å². The number of hydrogen-bond donors (Lipinski definition) is 1. The van der Waals surface area contributed by atoms with Gasteiger partial charge < -0.3 is 5.32 Å². The molecule has 1 aromatic rings. The van der Waals surface area contributed by atoms with E-state index in [1.54, 1.807) is 11.3 Å². The second-order valence-corrected chi connectivity index (χ2v) is 7.50. The van der Waals surface area contributed by atoms with Gasteiger partial charge in [0.2, 0.25) is 0 Å². The number of thiophene rings is 1. The number of aryl methyl sites for hydroxylation is 1. The lowest BCUT2D eigenvalue weighted by molar-refractivity contribution is 0.284. The van der Waals surface area contributed by atoms with Crippen molar-refractivity contribution in [1.82, 2.24) is 5.32 Å². The number of hydrogen-bond acceptors (Lipinski definition) is 2. The molecule has 0 fully saturated rings. The van der Waals surface area contributed by atoms with Crippen molar-refractivity contribution in [3.05, 3.63) is 22.4 Å². The highest BCUT2D eigenvalue weighted by molar-refractivity contribution is 7.07. The topological polar surface area (TPSA) is 12.0 Å². The van der Waals surface area contributed by atoms with Gasteiger partial charge in [-0.05, 0) is 74.4 Å². The van der Waals surface area contributed by atoms with Crippen LogP contribution < -0.4 is 5.32 Å². The predicted octanol–water partition coefficient (Wildman–Crippen LogP) is 4.49. The third-order valence-corrected chi connectivity index (χ3v) is 3.86. The Balaban J connectivity index is 2.26. The maximum atomic E-state index is 3.57. The Morgan fingerprint density at radius 3 is 2.35 bits per heavy atom. The van der Waals surface area contributed by atoms with Crippen LogP contribution in [-0.4, -0.2) is 12.1 Å². The second-order valence-electron chi connectivity index (χ2n) is 6.72. The van der Waals surface area contributed by atoms with Gasteiger partial charge in [0.25, 0.3) is 0 Å². The minimum absolute atomic E-state index is 0.240. The van der Waals surface area contributed by atoms with Crippen LogP contribution in [0.1, 0.15) is 53.0 Å². The first-order chi connectivity index (χ1) is 7.79. The van der Waals surface area contributed by atoms with Crippen molar-refractivity contribution in [2.24, 2.45) is 5.41 Å². The van der Waals surface area contributed by atoms with Crippen molar-refractivity contribution in [1.29, 1.82) is 0 Å². The summed E-state index contributed by atoms with van der Waals surface area (Å²) in [5.74, 6) is 0. The van der Waals surface area contributed by atoms with E-state index < -0.39 is 0 Å². The van der Waals surface area contributed by atoms with Crippen molar-refractivity contribution < 1.29 is 0 Å². The number of rotatable bonds is 6. The van der Waals surface area contributed by atoms with Crippen molar-refractivity contribution in [3.8, 4) is 0 Å². The highest BCUT2D eigenvalue weighted by atomic mass is 32.1. The SMILES string of the molecule is CC(C)(CCNC(C)(C)C)CCc1ccsc1. The molecule has 0 unspecified atom stereocenters. The molecule has 0 aliphatic carbocycles. The molecule has 17 heavy (non-hydrogen) atoms. The maximum Gasteiger partial charge on any atom is 0.00965 e. The Morgan fingerprint density at radius 1 is 1.12 bits per heavy atom. The molecule has 1 aromatic heterocycles. The van der Waals surface area contributed by atoms with Gasteiger partial charge in [-0.2, -0.15) is 11.3 Å². The highest BCUT2D eigenvalue weighted by Gasteiger charge is 2.18. The Kier molecular flexibility index (Phi) is 5.21. The summed E-state index contributed by atoms with van der Waals surface area (Å²) in [5, 5.41) is 8.01. The molecule has 0 aromatic carbocycles. The van der Waals surface area contributed by atoms with Gasteiger partial charge in [0.15, 0.2) is 0 Å². The average Bonchev–Trinajstić information content (AvgIpc) is 2.64. The summed E-state index contributed by atoms with van der Waals surface area (Å²) >= 11 is 1.80. The molecule has 0 saturated heterocycles. The first-order valence-electron chi connectivity index (χ1n) is 6.55. The first kappa shape index (κ1) is 14.7. The molecule has 1 nitrogen and oxygen atoms in total. The zero-order valence-electron chi connectivity index (χ0n) is 12.0. The Bertz CT molecular complexity index is 306. The fourth-order valence-electron chi connectivity index (χ4n) is 1.82. The van der Waals surface area contributed by atoms with Crippen LogP contribution in [0.5, 0.6) is 0 Å². The molecule has 1 rings (SSSR count). The molecule has 0 aliphatic heterocycles. The van der Waals surface area contributed by atoms with Gasteiger partial charge in [-0.1, -0.05) is 13.8 Å². The normalized spacial score (nSPS) is 13.0. The van der Waals surface area contributed by atoms with Gasteiger partial charge in [-0.25, -0.2) is 0 Å². The lowest BCUT2D eigenvalue weighted by Gasteiger charge is -2.28. The molecule has 0 atom stereocenters. The summed E-state index contributed by atoms with van der Waals surface area (Å²) in [6.45, 7) is 12.6. The van der Waals surface area contributed by atoms with Gasteiger partial charge in [0.05, 0.1) is 0 Å². The summed E-state index contributed by atoms with van der Waals surface area (Å²) in [7, 11) is 0. The van der Waals surface area contributed by atoms with Crippen molar-refractivity contribution >= 4 is 11.3 Å². The predicted molar refractivity (Wildman–Crippen MR) is 78.8 cm³/mol. The molecule has 0 radical (unpaired) electrons. The van der Waals surface area contributed by atoms with E-state index in [1.807, 2.05) is 0 Å². The summed E-state index contributed by atoms with van der Waals surface area (Å²) in [6.07, 6.45) is 3.73. The van der Waals surface area contributed by atoms with Crippen LogP contribution in [0.15, 0.2) is 16.8 Å². The van der Waals surface area contributed by atoms with Crippen molar-refractivity contribution in [3.63, 3.8) is 0 Å². The molecule has 0 amide bonds. The van der Waals surface area contributed by atoms with E-state index in [-0.39, 0.29) is 5.54 Å². The maximum absolute atomic E-state index is 3.57. The Hall–Kier alpha value is -0.340. The molecule has 2 heteroatoms. The second kappa shape index (κ2) is 6.01. The monoisotopic (exact) mass is 253 g/mol. The van der Waals surface area contributed by atoms with Gasteiger partial charge in [-0.15, -0.1) is 0 Å². The molecule has 0 aliphatic rings. The zero-order valence-corrected chi connectivity index (χ0v) is 12.8. The molecule has 1 N–H and O–H groups in total. The first-order valence-corrected chi connectivity index (χ1v) is 7.49. The highest BCUT2D eigenvalue weighted by Crippen LogP contribution is 2.27. The van der Waals surface area contributed by atoms with Crippen LogP contribution in [-0.2, 0) is 6.42 Å². The fraction of sp³-hybridized carbons (Fsp3) is 0.733. The summed E-state index contributed by atoms with van der Waals surface area (Å²) in [4.78, 5) is 0. The van der Waals surface area contributed by atoms with Crippen LogP contribution in [0.2, 0.25) is 0 Å². The summed E-state index contributed by atoms with van der Waals surface area (Å²) < 4.78 is 0. The van der Waals surface area contributed by atoms with E-state index in [0.29, 0.717) is 5.41 Å². The lowest BCUT2D eigenvalue weighted by atomic mass is 9.83. The molecule has 0 saturated carbocycles. The van der Waals surface area contributed by atoms with Gasteiger partial charge in [-0.3, -0.25) is 0 Å². The van der Waals surface area contributed by atoms with E-state index in [1.165, 1.54) is 24.8 Å². The van der Waals surface area contributed by atoms with E-state index in [4.69, 9.17) is 0 Å². The summed E-state index contributed by atoms with van der Waals surface area (Å²) in [5.41, 5.74) is 2.16. The van der Waals surface area contributed by atoms with E-state index in [0.717, 1.165) is 6.54 Å². The Labute approximate surface area is 111 Å². The third kappa shape index (κ3) is 6.85.